The molecule has 35 heavy (non-hydrogen) atoms. The first kappa shape index (κ1) is 21.0. The Morgan fingerprint density at radius 3 is 2.49 bits per heavy atom. The first-order valence-corrected chi connectivity index (χ1v) is 11.2. The summed E-state index contributed by atoms with van der Waals surface area (Å²) in [5, 5.41) is 14.8. The molecular formula is C27H23N5O3. The van der Waals surface area contributed by atoms with Crippen LogP contribution in [0.5, 0.6) is 23.1 Å². The molecule has 0 fully saturated rings. The van der Waals surface area contributed by atoms with Crippen molar-refractivity contribution in [2.24, 2.45) is 0 Å². The third kappa shape index (κ3) is 3.50. The Labute approximate surface area is 202 Å². The predicted octanol–water partition coefficient (Wildman–Crippen LogP) is 4.86. The van der Waals surface area contributed by atoms with Crippen LogP contribution in [0.15, 0.2) is 73.1 Å². The molecule has 1 N–H and O–H groups in total. The van der Waals surface area contributed by atoms with E-state index in [1.54, 1.807) is 30.1 Å². The van der Waals surface area contributed by atoms with Gasteiger partial charge in [0, 0.05) is 42.9 Å². The Bertz CT molecular complexity index is 1540. The minimum absolute atomic E-state index is 0.132. The highest BCUT2D eigenvalue weighted by molar-refractivity contribution is 5.69. The number of nitrogens with zero attached hydrogens (tertiary/aromatic N) is 5. The number of phenolic OH excluding ortho intramolecular Hbond substituents is 1. The van der Waals surface area contributed by atoms with Crippen molar-refractivity contribution in [1.82, 2.24) is 19.6 Å². The van der Waals surface area contributed by atoms with Crippen molar-refractivity contribution in [2.75, 3.05) is 26.1 Å². The van der Waals surface area contributed by atoms with Gasteiger partial charge >= 0.3 is 0 Å². The topological polar surface area (TPSA) is 85.0 Å². The second-order valence-electron chi connectivity index (χ2n) is 8.64. The molecule has 0 spiro atoms. The van der Waals surface area contributed by atoms with E-state index in [1.807, 2.05) is 73.6 Å². The molecule has 3 heterocycles. The van der Waals surface area contributed by atoms with Crippen molar-refractivity contribution in [3.05, 3.63) is 89.7 Å². The van der Waals surface area contributed by atoms with Crippen LogP contribution < -0.4 is 14.4 Å². The van der Waals surface area contributed by atoms with Crippen LogP contribution in [-0.2, 0) is 0 Å². The standard InChI is InChI=1S/C27H23N5O3/c1-31(2)18-8-4-17(5-9-18)25-29-26-24-23(16-6-11-20(34-3)12-7-16)21-13-10-19(33)14-22(21)35-27(24)28-15-32(26)30-25/h4-15,23,33H,1-3H3/t23-/m1/s1. The number of aromatic hydroxyl groups is 1. The van der Waals surface area contributed by atoms with Gasteiger partial charge in [0.1, 0.15) is 23.6 Å². The molecule has 0 saturated carbocycles. The summed E-state index contributed by atoms with van der Waals surface area (Å²) in [7, 11) is 5.66. The highest BCUT2D eigenvalue weighted by atomic mass is 16.5. The lowest BCUT2D eigenvalue weighted by atomic mass is 9.84. The Morgan fingerprint density at radius 1 is 1.00 bits per heavy atom. The number of hydrogen-bond donors (Lipinski definition) is 1. The summed E-state index contributed by atoms with van der Waals surface area (Å²) in [4.78, 5) is 11.5. The average Bonchev–Trinajstić information content (AvgIpc) is 3.32. The van der Waals surface area contributed by atoms with Gasteiger partial charge in [-0.3, -0.25) is 0 Å². The molecule has 1 aliphatic heterocycles. The number of methoxy groups -OCH3 is 1. The Kier molecular flexibility index (Phi) is 4.81. The third-order valence-electron chi connectivity index (χ3n) is 6.28. The quantitative estimate of drug-likeness (QED) is 0.398. The van der Waals surface area contributed by atoms with Crippen molar-refractivity contribution in [1.29, 1.82) is 0 Å². The van der Waals surface area contributed by atoms with Crippen LogP contribution in [0, 0.1) is 0 Å². The van der Waals surface area contributed by atoms with Crippen LogP contribution in [0.4, 0.5) is 5.69 Å². The van der Waals surface area contributed by atoms with E-state index >= 15 is 0 Å². The predicted molar refractivity (Wildman–Crippen MR) is 133 cm³/mol. The van der Waals surface area contributed by atoms with Crippen LogP contribution in [0.1, 0.15) is 22.6 Å². The molecule has 174 valence electrons. The summed E-state index contributed by atoms with van der Waals surface area (Å²) in [5.41, 5.74) is 5.44. The maximum absolute atomic E-state index is 10.1. The van der Waals surface area contributed by atoms with Gasteiger partial charge in [-0.1, -0.05) is 18.2 Å². The van der Waals surface area contributed by atoms with E-state index in [0.717, 1.165) is 33.7 Å². The molecule has 0 aliphatic carbocycles. The van der Waals surface area contributed by atoms with E-state index < -0.39 is 0 Å². The Morgan fingerprint density at radius 2 is 1.77 bits per heavy atom. The molecule has 0 saturated heterocycles. The highest BCUT2D eigenvalue weighted by Crippen LogP contribution is 2.48. The van der Waals surface area contributed by atoms with E-state index in [4.69, 9.17) is 19.6 Å². The lowest BCUT2D eigenvalue weighted by molar-refractivity contribution is 0.414. The number of rotatable bonds is 4. The van der Waals surface area contributed by atoms with E-state index in [-0.39, 0.29) is 11.7 Å². The van der Waals surface area contributed by atoms with Crippen LogP contribution in [0.25, 0.3) is 17.0 Å². The molecule has 0 unspecified atom stereocenters. The van der Waals surface area contributed by atoms with Gasteiger partial charge in [-0.15, -0.1) is 5.10 Å². The monoisotopic (exact) mass is 465 g/mol. The maximum Gasteiger partial charge on any atom is 0.228 e. The zero-order valence-electron chi connectivity index (χ0n) is 19.5. The fourth-order valence-electron chi connectivity index (χ4n) is 4.48. The molecule has 5 aromatic rings. The van der Waals surface area contributed by atoms with E-state index in [9.17, 15) is 5.11 Å². The summed E-state index contributed by atoms with van der Waals surface area (Å²) < 4.78 is 13.2. The first-order valence-electron chi connectivity index (χ1n) is 11.2. The van der Waals surface area contributed by atoms with Gasteiger partial charge in [-0.2, -0.15) is 0 Å². The van der Waals surface area contributed by atoms with Gasteiger partial charge in [0.15, 0.2) is 11.5 Å². The van der Waals surface area contributed by atoms with Gasteiger partial charge in [-0.05, 0) is 48.0 Å². The lowest BCUT2D eigenvalue weighted by Crippen LogP contribution is -2.15. The number of anilines is 1. The molecule has 6 rings (SSSR count). The zero-order chi connectivity index (χ0) is 24.1. The van der Waals surface area contributed by atoms with Gasteiger partial charge < -0.3 is 19.5 Å². The summed E-state index contributed by atoms with van der Waals surface area (Å²) in [5.74, 6) is 2.30. The Hall–Kier alpha value is -4.59. The molecule has 3 aromatic carbocycles. The minimum Gasteiger partial charge on any atom is -0.508 e. The van der Waals surface area contributed by atoms with Crippen molar-refractivity contribution >= 4 is 11.3 Å². The lowest BCUT2D eigenvalue weighted by Gasteiger charge is -2.28. The molecule has 0 bridgehead atoms. The number of benzene rings is 3. The van der Waals surface area contributed by atoms with Crippen LogP contribution >= 0.6 is 0 Å². The molecule has 2 aromatic heterocycles. The van der Waals surface area contributed by atoms with Crippen molar-refractivity contribution in [3.63, 3.8) is 0 Å². The van der Waals surface area contributed by atoms with E-state index in [2.05, 4.69) is 4.98 Å². The maximum atomic E-state index is 10.1. The molecule has 8 heteroatoms. The number of aromatic nitrogens is 4. The molecule has 0 amide bonds. The number of phenols is 1. The molecule has 1 atom stereocenters. The molecular weight excluding hydrogens is 442 g/mol. The van der Waals surface area contributed by atoms with Crippen LogP contribution in [-0.4, -0.2) is 45.9 Å². The second-order valence-corrected chi connectivity index (χ2v) is 8.64. The average molecular weight is 466 g/mol. The number of hydrogen-bond acceptors (Lipinski definition) is 7. The fraction of sp³-hybridized carbons (Fsp3) is 0.148. The normalized spacial score (nSPS) is 14.2. The molecule has 0 radical (unpaired) electrons. The van der Waals surface area contributed by atoms with Crippen LogP contribution in [0.2, 0.25) is 0 Å². The Balaban J connectivity index is 1.54. The van der Waals surface area contributed by atoms with Crippen LogP contribution in [0.3, 0.4) is 0 Å². The van der Waals surface area contributed by atoms with E-state index in [1.165, 1.54) is 0 Å². The minimum atomic E-state index is -0.218. The van der Waals surface area contributed by atoms with Crippen molar-refractivity contribution in [3.8, 4) is 34.5 Å². The zero-order valence-corrected chi connectivity index (χ0v) is 19.5. The van der Waals surface area contributed by atoms with E-state index in [0.29, 0.717) is 23.1 Å². The molecule has 8 nitrogen and oxygen atoms in total. The van der Waals surface area contributed by atoms with Gasteiger partial charge in [0.25, 0.3) is 0 Å². The summed E-state index contributed by atoms with van der Waals surface area (Å²) in [6.45, 7) is 0. The number of fused-ring (bicyclic) bond motifs is 4. The number of ether oxygens (including phenoxy) is 2. The van der Waals surface area contributed by atoms with Crippen molar-refractivity contribution in [2.45, 2.75) is 5.92 Å². The SMILES string of the molecule is COc1ccc([C@@H]2c3ccc(O)cc3Oc3ncn4nc(-c5ccc(N(C)C)cc5)nc4c32)cc1. The van der Waals surface area contributed by atoms with Gasteiger partial charge in [0.2, 0.25) is 5.88 Å². The molecule has 1 aliphatic rings. The summed E-state index contributed by atoms with van der Waals surface area (Å²) in [6, 6.07) is 21.2. The summed E-state index contributed by atoms with van der Waals surface area (Å²) >= 11 is 0. The second kappa shape index (κ2) is 8.02. The van der Waals surface area contributed by atoms with Gasteiger partial charge in [-0.25, -0.2) is 14.5 Å². The third-order valence-corrected chi connectivity index (χ3v) is 6.28. The first-order chi connectivity index (χ1) is 17.0. The van der Waals surface area contributed by atoms with Crippen molar-refractivity contribution < 1.29 is 14.6 Å². The summed E-state index contributed by atoms with van der Waals surface area (Å²) in [6.07, 6.45) is 1.61. The highest BCUT2D eigenvalue weighted by Gasteiger charge is 2.33. The van der Waals surface area contributed by atoms with Gasteiger partial charge in [0.05, 0.1) is 12.7 Å². The smallest absolute Gasteiger partial charge is 0.228 e. The fourth-order valence-corrected chi connectivity index (χ4v) is 4.48. The largest absolute Gasteiger partial charge is 0.508 e.